The summed E-state index contributed by atoms with van der Waals surface area (Å²) in [5.41, 5.74) is -0.133. The number of esters is 3. The molecule has 47 heavy (non-hydrogen) atoms. The number of hydrogen-bond donors (Lipinski definition) is 0. The highest BCUT2D eigenvalue weighted by molar-refractivity contribution is 7.99. The lowest BCUT2D eigenvalue weighted by Gasteiger charge is -2.44. The molecule has 1 saturated heterocycles. The Hall–Kier alpha value is -4.63. The first-order valence-electron chi connectivity index (χ1n) is 14.4. The van der Waals surface area contributed by atoms with E-state index in [-0.39, 0.29) is 17.9 Å². The highest BCUT2D eigenvalue weighted by atomic mass is 32.2. The monoisotopic (exact) mass is 672 g/mol. The number of anilines is 1. The fourth-order valence-corrected chi connectivity index (χ4v) is 6.54. The van der Waals surface area contributed by atoms with Crippen LogP contribution in [0.2, 0.25) is 0 Å². The van der Waals surface area contributed by atoms with Crippen LogP contribution in [0, 0.1) is 17.5 Å². The molecule has 248 valence electrons. The molecule has 3 aromatic carbocycles. The molecule has 5 atom stereocenters. The quantitative estimate of drug-likeness (QED) is 0.135. The summed E-state index contributed by atoms with van der Waals surface area (Å²) in [7, 11) is 3.89. The number of halogens is 3. The predicted octanol–water partition coefficient (Wildman–Crippen LogP) is 5.07. The Morgan fingerprint density at radius 2 is 1.62 bits per heavy atom. The Labute approximate surface area is 271 Å². The number of carbonyl (C=O) groups is 3. The van der Waals surface area contributed by atoms with Crippen molar-refractivity contribution in [2.45, 2.75) is 55.5 Å². The third kappa shape index (κ3) is 7.52. The molecular weight excluding hydrogens is 641 g/mol. The minimum Gasteiger partial charge on any atom is -0.463 e. The molecule has 0 N–H and O–H groups in total. The van der Waals surface area contributed by atoms with Gasteiger partial charge in [0.1, 0.15) is 29.9 Å². The number of hydrogen-bond acceptors (Lipinski definition) is 11. The highest BCUT2D eigenvalue weighted by Crippen LogP contribution is 2.42. The van der Waals surface area contributed by atoms with E-state index in [1.165, 1.54) is 36.5 Å². The summed E-state index contributed by atoms with van der Waals surface area (Å²) in [4.78, 5) is 39.4. The fraction of sp³-hybridized carbons (Fsp3) is 0.344. The summed E-state index contributed by atoms with van der Waals surface area (Å²) < 4.78 is 66.1. The van der Waals surface area contributed by atoms with Crippen molar-refractivity contribution in [3.8, 4) is 11.3 Å². The minimum atomic E-state index is -1.64. The van der Waals surface area contributed by atoms with Crippen molar-refractivity contribution in [2.24, 2.45) is 0 Å². The van der Waals surface area contributed by atoms with Crippen LogP contribution < -0.4 is 4.90 Å². The molecule has 1 aromatic heterocycles. The van der Waals surface area contributed by atoms with E-state index in [0.29, 0.717) is 0 Å². The van der Waals surface area contributed by atoms with Crippen LogP contribution >= 0.6 is 11.8 Å². The van der Waals surface area contributed by atoms with Crippen molar-refractivity contribution in [1.82, 2.24) is 15.0 Å². The summed E-state index contributed by atoms with van der Waals surface area (Å²) in [5.74, 6) is -6.53. The van der Waals surface area contributed by atoms with Gasteiger partial charge in [-0.25, -0.2) is 17.9 Å². The van der Waals surface area contributed by atoms with E-state index in [1.54, 1.807) is 0 Å². The standard InChI is InChI=1S/C32H31F3N4O7S/c1-16(40)43-15-27-30(44-17(2)41)29(39-14-25(36-37-39)20-12-23(33)28(35)24(34)13-20)31(45-18(3)42)32(46-27)47-21-9-10-22-19(11-21)7-6-8-26(22)38(4)5/h6-14,27,29-32H,15H2,1-5H3/t27-,29+,30+,31-,32-/m1/s1. The lowest BCUT2D eigenvalue weighted by molar-refractivity contribution is -0.212. The summed E-state index contributed by atoms with van der Waals surface area (Å²) >= 11 is 1.21. The van der Waals surface area contributed by atoms with Gasteiger partial charge in [-0.05, 0) is 35.7 Å². The molecule has 0 amide bonds. The van der Waals surface area contributed by atoms with Crippen molar-refractivity contribution in [3.05, 3.63) is 72.2 Å². The van der Waals surface area contributed by atoms with E-state index in [0.717, 1.165) is 40.4 Å². The van der Waals surface area contributed by atoms with Gasteiger partial charge >= 0.3 is 17.9 Å². The molecule has 4 aromatic rings. The lowest BCUT2D eigenvalue weighted by atomic mass is 9.96. The molecular formula is C32H31F3N4O7S. The highest BCUT2D eigenvalue weighted by Gasteiger charge is 2.52. The number of thioether (sulfide) groups is 1. The van der Waals surface area contributed by atoms with Gasteiger partial charge in [-0.3, -0.25) is 14.4 Å². The zero-order valence-electron chi connectivity index (χ0n) is 26.0. The first kappa shape index (κ1) is 33.7. The topological polar surface area (TPSA) is 122 Å². The fourth-order valence-electron chi connectivity index (χ4n) is 5.38. The average Bonchev–Trinajstić information content (AvgIpc) is 3.49. The van der Waals surface area contributed by atoms with Gasteiger partial charge in [0, 0.05) is 56.4 Å². The zero-order chi connectivity index (χ0) is 34.0. The van der Waals surface area contributed by atoms with Gasteiger partial charge in [0.05, 0.1) is 6.20 Å². The first-order chi connectivity index (χ1) is 22.3. The second kappa shape index (κ2) is 14.0. The summed E-state index contributed by atoms with van der Waals surface area (Å²) in [6, 6.07) is 12.1. The third-order valence-electron chi connectivity index (χ3n) is 7.33. The third-order valence-corrected chi connectivity index (χ3v) is 8.47. The van der Waals surface area contributed by atoms with Gasteiger partial charge in [0.15, 0.2) is 29.7 Å². The first-order valence-corrected chi connectivity index (χ1v) is 15.3. The van der Waals surface area contributed by atoms with Crippen LogP contribution in [0.4, 0.5) is 18.9 Å². The van der Waals surface area contributed by atoms with Crippen molar-refractivity contribution in [3.63, 3.8) is 0 Å². The van der Waals surface area contributed by atoms with E-state index in [2.05, 4.69) is 10.3 Å². The Balaban J connectivity index is 1.59. The number of ether oxygens (including phenoxy) is 4. The molecule has 1 aliphatic rings. The Morgan fingerprint density at radius 1 is 0.936 bits per heavy atom. The van der Waals surface area contributed by atoms with Gasteiger partial charge in [-0.2, -0.15) is 0 Å². The number of rotatable bonds is 9. The van der Waals surface area contributed by atoms with Crippen LogP contribution in [0.15, 0.2) is 59.6 Å². The SMILES string of the molecule is CC(=O)OC[C@H]1O[C@H](Sc2ccc3c(N(C)C)cccc3c2)[C@H](OC(C)=O)[C@@H](n2cc(-c3cc(F)c(F)c(F)c3)nn2)[C@H]1OC(C)=O. The van der Waals surface area contributed by atoms with Crippen molar-refractivity contribution >= 4 is 46.1 Å². The Morgan fingerprint density at radius 3 is 2.26 bits per heavy atom. The molecule has 1 fully saturated rings. The maximum absolute atomic E-state index is 14.1. The van der Waals surface area contributed by atoms with Crippen LogP contribution in [0.1, 0.15) is 26.8 Å². The van der Waals surface area contributed by atoms with Crippen LogP contribution in [-0.4, -0.2) is 77.4 Å². The van der Waals surface area contributed by atoms with Gasteiger partial charge in [0.25, 0.3) is 0 Å². The number of aromatic nitrogens is 3. The number of carbonyl (C=O) groups excluding carboxylic acids is 3. The van der Waals surface area contributed by atoms with Gasteiger partial charge in [-0.1, -0.05) is 35.2 Å². The molecule has 0 saturated carbocycles. The zero-order valence-corrected chi connectivity index (χ0v) is 26.8. The van der Waals surface area contributed by atoms with Crippen LogP contribution in [0.3, 0.4) is 0 Å². The van der Waals surface area contributed by atoms with Gasteiger partial charge in [-0.15, -0.1) is 5.10 Å². The normalized spacial score (nSPS) is 20.9. The minimum absolute atomic E-state index is 0.0515. The Bertz CT molecular complexity index is 1800. The molecule has 1 aliphatic heterocycles. The van der Waals surface area contributed by atoms with E-state index < -0.39 is 65.1 Å². The van der Waals surface area contributed by atoms with E-state index in [9.17, 15) is 27.6 Å². The van der Waals surface area contributed by atoms with E-state index >= 15 is 0 Å². The van der Waals surface area contributed by atoms with E-state index in [1.807, 2.05) is 55.4 Å². The number of fused-ring (bicyclic) bond motifs is 1. The predicted molar refractivity (Wildman–Crippen MR) is 165 cm³/mol. The van der Waals surface area contributed by atoms with E-state index in [4.69, 9.17) is 18.9 Å². The average molecular weight is 673 g/mol. The Kier molecular flexibility index (Phi) is 10.1. The van der Waals surface area contributed by atoms with Gasteiger partial charge < -0.3 is 23.8 Å². The molecule has 0 unspecified atom stereocenters. The maximum Gasteiger partial charge on any atom is 0.303 e. The second-order valence-electron chi connectivity index (χ2n) is 11.0. The van der Waals surface area contributed by atoms with Gasteiger partial charge in [0.2, 0.25) is 0 Å². The molecule has 0 aliphatic carbocycles. The second-order valence-corrected chi connectivity index (χ2v) is 12.2. The summed E-state index contributed by atoms with van der Waals surface area (Å²) in [5, 5.41) is 10.1. The molecule has 11 nitrogen and oxygen atoms in total. The van der Waals surface area contributed by atoms with Crippen molar-refractivity contribution < 1.29 is 46.5 Å². The number of benzene rings is 3. The molecule has 0 spiro atoms. The number of nitrogens with zero attached hydrogens (tertiary/aromatic N) is 4. The van der Waals surface area contributed by atoms with Crippen molar-refractivity contribution in [2.75, 3.05) is 25.6 Å². The summed E-state index contributed by atoms with van der Waals surface area (Å²) in [6.45, 7) is 3.22. The smallest absolute Gasteiger partial charge is 0.303 e. The van der Waals surface area contributed by atoms with Crippen LogP contribution in [0.25, 0.3) is 22.0 Å². The molecule has 5 rings (SSSR count). The molecule has 0 radical (unpaired) electrons. The summed E-state index contributed by atoms with van der Waals surface area (Å²) in [6.07, 6.45) is -2.22. The van der Waals surface area contributed by atoms with Crippen LogP contribution in [-0.2, 0) is 33.3 Å². The molecule has 2 heterocycles. The van der Waals surface area contributed by atoms with Crippen molar-refractivity contribution in [1.29, 1.82) is 0 Å². The van der Waals surface area contributed by atoms with Crippen LogP contribution in [0.5, 0.6) is 0 Å². The molecule has 0 bridgehead atoms. The lowest BCUT2D eigenvalue weighted by Crippen LogP contribution is -2.57. The molecule has 15 heteroatoms. The maximum atomic E-state index is 14.1. The largest absolute Gasteiger partial charge is 0.463 e.